The molecule has 0 spiro atoms. The van der Waals surface area contributed by atoms with Crippen LogP contribution in [0.15, 0.2) is 24.0 Å². The standard InChI is InChI=1S/C7H6N2O2/c8-3-5-1-2-6(7(9)10)11-4-5/h1-2,4,6H,(H2,9,10). The van der Waals surface area contributed by atoms with Gasteiger partial charge in [-0.3, -0.25) is 4.79 Å². The molecule has 1 amide bonds. The van der Waals surface area contributed by atoms with Crippen LogP contribution in [0.3, 0.4) is 0 Å². The fraction of sp³-hybridized carbons (Fsp3) is 0.143. The number of primary amides is 1. The molecule has 0 aromatic carbocycles. The maximum absolute atomic E-state index is 10.5. The van der Waals surface area contributed by atoms with E-state index in [1.165, 1.54) is 18.4 Å². The highest BCUT2D eigenvalue weighted by Crippen LogP contribution is 2.07. The maximum Gasteiger partial charge on any atom is 0.262 e. The van der Waals surface area contributed by atoms with E-state index >= 15 is 0 Å². The summed E-state index contributed by atoms with van der Waals surface area (Å²) >= 11 is 0. The molecule has 1 aliphatic rings. The molecule has 1 atom stereocenters. The van der Waals surface area contributed by atoms with Crippen LogP contribution in [-0.2, 0) is 9.53 Å². The number of hydrogen-bond donors (Lipinski definition) is 1. The summed E-state index contributed by atoms with van der Waals surface area (Å²) in [7, 11) is 0. The van der Waals surface area contributed by atoms with Gasteiger partial charge in [0.1, 0.15) is 12.3 Å². The topological polar surface area (TPSA) is 76.1 Å². The van der Waals surface area contributed by atoms with E-state index < -0.39 is 12.0 Å². The lowest BCUT2D eigenvalue weighted by Crippen LogP contribution is -2.29. The first kappa shape index (κ1) is 7.35. The average Bonchev–Trinajstić information content (AvgIpc) is 2.05. The van der Waals surface area contributed by atoms with Gasteiger partial charge in [-0.2, -0.15) is 5.26 Å². The first-order chi connectivity index (χ1) is 5.24. The SMILES string of the molecule is N#CC1=COC(C(N)=O)C=C1. The zero-order valence-electron chi connectivity index (χ0n) is 5.65. The van der Waals surface area contributed by atoms with Crippen molar-refractivity contribution in [3.8, 4) is 6.07 Å². The molecule has 1 heterocycles. The second kappa shape index (κ2) is 2.88. The first-order valence-corrected chi connectivity index (χ1v) is 2.97. The quantitative estimate of drug-likeness (QED) is 0.564. The second-order valence-corrected chi connectivity index (χ2v) is 2.00. The fourth-order valence-corrected chi connectivity index (χ4v) is 0.648. The minimum absolute atomic E-state index is 0.377. The van der Waals surface area contributed by atoms with Crippen molar-refractivity contribution in [1.82, 2.24) is 0 Å². The third-order valence-corrected chi connectivity index (χ3v) is 1.20. The van der Waals surface area contributed by atoms with Crippen LogP contribution < -0.4 is 5.73 Å². The zero-order chi connectivity index (χ0) is 8.27. The largest absolute Gasteiger partial charge is 0.483 e. The smallest absolute Gasteiger partial charge is 0.262 e. The van der Waals surface area contributed by atoms with Gasteiger partial charge in [0.05, 0.1) is 5.57 Å². The number of nitrogens with two attached hydrogens (primary N) is 1. The van der Waals surface area contributed by atoms with Crippen LogP contribution in [0.1, 0.15) is 0 Å². The van der Waals surface area contributed by atoms with E-state index in [2.05, 4.69) is 0 Å². The second-order valence-electron chi connectivity index (χ2n) is 2.00. The lowest BCUT2D eigenvalue weighted by Gasteiger charge is -2.11. The number of nitrogens with zero attached hydrogens (tertiary/aromatic N) is 1. The van der Waals surface area contributed by atoms with Crippen molar-refractivity contribution in [2.75, 3.05) is 0 Å². The molecule has 2 N–H and O–H groups in total. The number of carbonyl (C=O) groups excluding carboxylic acids is 1. The number of nitriles is 1. The highest BCUT2D eigenvalue weighted by Gasteiger charge is 2.14. The Balaban J connectivity index is 2.66. The van der Waals surface area contributed by atoms with E-state index in [1.54, 1.807) is 0 Å². The van der Waals surface area contributed by atoms with Gasteiger partial charge in [-0.05, 0) is 12.2 Å². The minimum Gasteiger partial charge on any atom is -0.483 e. The molecule has 0 aromatic rings. The Hall–Kier alpha value is -1.76. The van der Waals surface area contributed by atoms with Gasteiger partial charge in [-0.15, -0.1) is 0 Å². The Kier molecular flexibility index (Phi) is 1.93. The molecule has 1 unspecified atom stereocenters. The minimum atomic E-state index is -0.730. The molecule has 0 saturated carbocycles. The fourth-order valence-electron chi connectivity index (χ4n) is 0.648. The number of hydrogen-bond acceptors (Lipinski definition) is 3. The number of rotatable bonds is 1. The molecule has 0 saturated heterocycles. The Morgan fingerprint density at radius 3 is 2.91 bits per heavy atom. The molecule has 0 bridgehead atoms. The lowest BCUT2D eigenvalue weighted by molar-refractivity contribution is -0.124. The summed E-state index contributed by atoms with van der Waals surface area (Å²) in [6.07, 6.45) is 3.43. The summed E-state index contributed by atoms with van der Waals surface area (Å²) in [5.41, 5.74) is 5.30. The first-order valence-electron chi connectivity index (χ1n) is 2.97. The predicted octanol–water partition coefficient (Wildman–Crippen LogP) is -0.166. The van der Waals surface area contributed by atoms with Crippen molar-refractivity contribution < 1.29 is 9.53 Å². The van der Waals surface area contributed by atoms with Gasteiger partial charge >= 0.3 is 0 Å². The van der Waals surface area contributed by atoms with Crippen LogP contribution in [0.25, 0.3) is 0 Å². The molecule has 0 aromatic heterocycles. The van der Waals surface area contributed by atoms with Gasteiger partial charge in [-0.25, -0.2) is 0 Å². The van der Waals surface area contributed by atoms with Gasteiger partial charge < -0.3 is 10.5 Å². The van der Waals surface area contributed by atoms with Crippen molar-refractivity contribution in [1.29, 1.82) is 5.26 Å². The summed E-state index contributed by atoms with van der Waals surface area (Å²) < 4.78 is 4.80. The maximum atomic E-state index is 10.5. The van der Waals surface area contributed by atoms with E-state index in [0.717, 1.165) is 0 Å². The zero-order valence-corrected chi connectivity index (χ0v) is 5.65. The number of carbonyl (C=O) groups is 1. The Morgan fingerprint density at radius 2 is 2.55 bits per heavy atom. The van der Waals surface area contributed by atoms with Crippen LogP contribution in [-0.4, -0.2) is 12.0 Å². The van der Waals surface area contributed by atoms with Crippen LogP contribution in [0.5, 0.6) is 0 Å². The lowest BCUT2D eigenvalue weighted by atomic mass is 10.2. The monoisotopic (exact) mass is 150 g/mol. The van der Waals surface area contributed by atoms with Crippen LogP contribution >= 0.6 is 0 Å². The molecule has 1 aliphatic heterocycles. The van der Waals surface area contributed by atoms with E-state index in [4.69, 9.17) is 15.7 Å². The molecule has 4 nitrogen and oxygen atoms in total. The number of amides is 1. The summed E-state index contributed by atoms with van der Waals surface area (Å²) in [5, 5.41) is 8.35. The van der Waals surface area contributed by atoms with Crippen LogP contribution in [0, 0.1) is 11.3 Å². The summed E-state index contributed by atoms with van der Waals surface area (Å²) in [6.45, 7) is 0. The molecule has 56 valence electrons. The van der Waals surface area contributed by atoms with Crippen molar-refractivity contribution >= 4 is 5.91 Å². The Labute approximate surface area is 63.6 Å². The van der Waals surface area contributed by atoms with E-state index in [0.29, 0.717) is 5.57 Å². The molecular formula is C7H6N2O2. The van der Waals surface area contributed by atoms with Gasteiger partial charge in [0.15, 0.2) is 6.10 Å². The van der Waals surface area contributed by atoms with Gasteiger partial charge in [-0.1, -0.05) is 0 Å². The van der Waals surface area contributed by atoms with Crippen molar-refractivity contribution in [3.63, 3.8) is 0 Å². The summed E-state index contributed by atoms with van der Waals surface area (Å²) in [6, 6.07) is 1.86. The Morgan fingerprint density at radius 1 is 1.82 bits per heavy atom. The highest BCUT2D eigenvalue weighted by molar-refractivity contribution is 5.81. The van der Waals surface area contributed by atoms with Crippen molar-refractivity contribution in [2.24, 2.45) is 5.73 Å². The number of ether oxygens (including phenoxy) is 1. The molecular weight excluding hydrogens is 144 g/mol. The number of allylic oxidation sites excluding steroid dienone is 2. The summed E-state index contributed by atoms with van der Waals surface area (Å²) in [5.74, 6) is -0.561. The van der Waals surface area contributed by atoms with Crippen LogP contribution in [0.4, 0.5) is 0 Å². The molecule has 0 fully saturated rings. The van der Waals surface area contributed by atoms with E-state index in [9.17, 15) is 4.79 Å². The summed E-state index contributed by atoms with van der Waals surface area (Å²) in [4.78, 5) is 10.5. The highest BCUT2D eigenvalue weighted by atomic mass is 16.5. The Bertz CT molecular complexity index is 273. The average molecular weight is 150 g/mol. The predicted molar refractivity (Wildman–Crippen MR) is 36.9 cm³/mol. The van der Waals surface area contributed by atoms with Gasteiger partial charge in [0.2, 0.25) is 0 Å². The van der Waals surface area contributed by atoms with Crippen molar-refractivity contribution in [3.05, 3.63) is 24.0 Å². The van der Waals surface area contributed by atoms with Gasteiger partial charge in [0, 0.05) is 0 Å². The normalized spacial score (nSPS) is 21.4. The van der Waals surface area contributed by atoms with Crippen molar-refractivity contribution in [2.45, 2.75) is 6.10 Å². The van der Waals surface area contributed by atoms with Gasteiger partial charge in [0.25, 0.3) is 5.91 Å². The van der Waals surface area contributed by atoms with E-state index in [1.807, 2.05) is 6.07 Å². The molecule has 11 heavy (non-hydrogen) atoms. The molecule has 0 radical (unpaired) electrons. The molecule has 1 rings (SSSR count). The van der Waals surface area contributed by atoms with Crippen LogP contribution in [0.2, 0.25) is 0 Å². The third-order valence-electron chi connectivity index (χ3n) is 1.20. The molecule has 0 aliphatic carbocycles. The van der Waals surface area contributed by atoms with E-state index in [-0.39, 0.29) is 0 Å². The molecule has 4 heteroatoms. The third kappa shape index (κ3) is 1.58.